The molecular formula is C20H28N4O2S. The Morgan fingerprint density at radius 3 is 2.67 bits per heavy atom. The fraction of sp³-hybridized carbons (Fsp3) is 0.450. The largest absolute Gasteiger partial charge is 0.369 e. The number of likely N-dealkylation sites (N-methyl/N-ethyl adjacent to an activating group) is 1. The molecule has 27 heavy (non-hydrogen) atoms. The van der Waals surface area contributed by atoms with E-state index in [4.69, 9.17) is 0 Å². The lowest BCUT2D eigenvalue weighted by Crippen LogP contribution is -2.47. The summed E-state index contributed by atoms with van der Waals surface area (Å²) in [6, 6.07) is 14.3. The van der Waals surface area contributed by atoms with Gasteiger partial charge in [-0.1, -0.05) is 30.3 Å². The summed E-state index contributed by atoms with van der Waals surface area (Å²) in [6.45, 7) is 4.77. The Morgan fingerprint density at radius 1 is 1.15 bits per heavy atom. The van der Waals surface area contributed by atoms with Crippen molar-refractivity contribution in [2.24, 2.45) is 0 Å². The Balaban J connectivity index is 1.58. The maximum Gasteiger partial charge on any atom is 0.179 e. The molecule has 0 spiro atoms. The van der Waals surface area contributed by atoms with Crippen LogP contribution in [0.5, 0.6) is 0 Å². The van der Waals surface area contributed by atoms with Crippen molar-refractivity contribution in [2.75, 3.05) is 51.3 Å². The van der Waals surface area contributed by atoms with Gasteiger partial charge in [-0.05, 0) is 31.2 Å². The molecule has 0 aliphatic carbocycles. The molecule has 7 heteroatoms. The second-order valence-corrected chi connectivity index (χ2v) is 9.11. The van der Waals surface area contributed by atoms with Crippen molar-refractivity contribution in [1.82, 2.24) is 14.8 Å². The van der Waals surface area contributed by atoms with Gasteiger partial charge in [-0.15, -0.1) is 0 Å². The van der Waals surface area contributed by atoms with Crippen LogP contribution in [0.3, 0.4) is 0 Å². The van der Waals surface area contributed by atoms with E-state index in [2.05, 4.69) is 57.5 Å². The van der Waals surface area contributed by atoms with Gasteiger partial charge in [-0.25, -0.2) is 13.4 Å². The van der Waals surface area contributed by atoms with Crippen LogP contribution in [0.1, 0.15) is 18.0 Å². The zero-order chi connectivity index (χ0) is 19.3. The van der Waals surface area contributed by atoms with E-state index in [0.717, 1.165) is 32.6 Å². The van der Waals surface area contributed by atoms with Crippen molar-refractivity contribution in [3.63, 3.8) is 0 Å². The highest BCUT2D eigenvalue weighted by atomic mass is 32.2. The van der Waals surface area contributed by atoms with Gasteiger partial charge in [0.2, 0.25) is 0 Å². The van der Waals surface area contributed by atoms with Crippen LogP contribution in [0.2, 0.25) is 0 Å². The van der Waals surface area contributed by atoms with Crippen molar-refractivity contribution in [1.29, 1.82) is 0 Å². The zero-order valence-corrected chi connectivity index (χ0v) is 16.8. The van der Waals surface area contributed by atoms with Crippen LogP contribution >= 0.6 is 0 Å². The third-order valence-corrected chi connectivity index (χ3v) is 6.09. The number of hydrogen-bond acceptors (Lipinski definition) is 6. The summed E-state index contributed by atoms with van der Waals surface area (Å²) in [5, 5.41) is 3.20. The van der Waals surface area contributed by atoms with Crippen molar-refractivity contribution in [3.05, 3.63) is 54.2 Å². The molecule has 1 aromatic carbocycles. The van der Waals surface area contributed by atoms with Crippen molar-refractivity contribution in [2.45, 2.75) is 17.4 Å². The fourth-order valence-electron chi connectivity index (χ4n) is 3.53. The maximum atomic E-state index is 11.9. The quantitative estimate of drug-likeness (QED) is 0.734. The molecule has 2 heterocycles. The van der Waals surface area contributed by atoms with Gasteiger partial charge in [-0.2, -0.15) is 0 Å². The van der Waals surface area contributed by atoms with Crippen LogP contribution in [0.25, 0.3) is 0 Å². The monoisotopic (exact) mass is 388 g/mol. The number of nitrogens with zero attached hydrogens (tertiary/aromatic N) is 3. The summed E-state index contributed by atoms with van der Waals surface area (Å²) in [5.41, 5.74) is 1.35. The van der Waals surface area contributed by atoms with Crippen LogP contribution < -0.4 is 5.32 Å². The van der Waals surface area contributed by atoms with Crippen LogP contribution in [0.15, 0.2) is 53.6 Å². The summed E-state index contributed by atoms with van der Waals surface area (Å²) in [6.07, 6.45) is 3.75. The smallest absolute Gasteiger partial charge is 0.179 e. The lowest BCUT2D eigenvalue weighted by molar-refractivity contribution is 0.0896. The summed E-state index contributed by atoms with van der Waals surface area (Å²) in [7, 11) is -1.11. The molecule has 146 valence electrons. The number of rotatable bonds is 7. The number of pyridine rings is 1. The molecule has 1 saturated heterocycles. The molecule has 2 aromatic rings. The van der Waals surface area contributed by atoms with Crippen LogP contribution in [0, 0.1) is 0 Å². The average molecular weight is 389 g/mol. The maximum absolute atomic E-state index is 11.9. The van der Waals surface area contributed by atoms with E-state index in [1.165, 1.54) is 11.8 Å². The van der Waals surface area contributed by atoms with E-state index < -0.39 is 9.84 Å². The summed E-state index contributed by atoms with van der Waals surface area (Å²) in [4.78, 5) is 9.34. The highest BCUT2D eigenvalue weighted by Crippen LogP contribution is 2.25. The number of nitrogens with one attached hydrogen (secondary N) is 1. The lowest BCUT2D eigenvalue weighted by Gasteiger charge is -2.40. The summed E-state index contributed by atoms with van der Waals surface area (Å²) < 4.78 is 23.7. The van der Waals surface area contributed by atoms with Gasteiger partial charge >= 0.3 is 0 Å². The Bertz CT molecular complexity index is 842. The molecule has 1 N–H and O–H groups in total. The molecule has 1 aliphatic heterocycles. The molecule has 1 aliphatic rings. The van der Waals surface area contributed by atoms with E-state index in [0.29, 0.717) is 18.4 Å². The van der Waals surface area contributed by atoms with Crippen molar-refractivity contribution in [3.8, 4) is 0 Å². The minimum Gasteiger partial charge on any atom is -0.369 e. The second-order valence-electron chi connectivity index (χ2n) is 7.13. The Kier molecular flexibility index (Phi) is 6.46. The summed E-state index contributed by atoms with van der Waals surface area (Å²) in [5.74, 6) is 0.443. The second kappa shape index (κ2) is 8.82. The molecule has 3 rings (SSSR count). The number of aromatic nitrogens is 1. The number of piperazine rings is 1. The van der Waals surface area contributed by atoms with Crippen molar-refractivity contribution < 1.29 is 8.42 Å². The van der Waals surface area contributed by atoms with Crippen molar-refractivity contribution >= 4 is 15.7 Å². The number of anilines is 1. The van der Waals surface area contributed by atoms with Crippen LogP contribution in [-0.2, 0) is 9.84 Å². The first-order chi connectivity index (χ1) is 12.9. The van der Waals surface area contributed by atoms with Gasteiger partial charge in [0, 0.05) is 51.2 Å². The molecule has 1 unspecified atom stereocenters. The molecular weight excluding hydrogens is 360 g/mol. The van der Waals surface area contributed by atoms with Gasteiger partial charge in [-0.3, -0.25) is 4.90 Å². The Labute approximate surface area is 162 Å². The average Bonchev–Trinajstić information content (AvgIpc) is 2.66. The predicted molar refractivity (Wildman–Crippen MR) is 109 cm³/mol. The Morgan fingerprint density at radius 2 is 1.93 bits per heavy atom. The highest BCUT2D eigenvalue weighted by Gasteiger charge is 2.26. The van der Waals surface area contributed by atoms with Crippen LogP contribution in [-0.4, -0.2) is 69.2 Å². The zero-order valence-electron chi connectivity index (χ0n) is 16.0. The SMILES string of the molecule is CN1CCN(CCCNc2ncccc2S(C)(=O)=O)C(c2ccccc2)C1. The number of hydrogen-bond donors (Lipinski definition) is 1. The topological polar surface area (TPSA) is 65.5 Å². The van der Waals surface area contributed by atoms with Crippen LogP contribution in [0.4, 0.5) is 5.82 Å². The molecule has 1 atom stereocenters. The van der Waals surface area contributed by atoms with E-state index in [9.17, 15) is 8.42 Å². The predicted octanol–water partition coefficient (Wildman–Crippen LogP) is 2.28. The van der Waals surface area contributed by atoms with E-state index in [1.54, 1.807) is 18.3 Å². The summed E-state index contributed by atoms with van der Waals surface area (Å²) >= 11 is 0. The molecule has 6 nitrogen and oxygen atoms in total. The molecule has 0 amide bonds. The highest BCUT2D eigenvalue weighted by molar-refractivity contribution is 7.90. The van der Waals surface area contributed by atoms with Gasteiger partial charge in [0.25, 0.3) is 0 Å². The third-order valence-electron chi connectivity index (χ3n) is 4.96. The normalized spacial score (nSPS) is 19.1. The minimum atomic E-state index is -3.28. The fourth-order valence-corrected chi connectivity index (χ4v) is 4.33. The van der Waals surface area contributed by atoms with Gasteiger partial charge < -0.3 is 10.2 Å². The van der Waals surface area contributed by atoms with Gasteiger partial charge in [0.15, 0.2) is 9.84 Å². The number of benzene rings is 1. The molecule has 0 saturated carbocycles. The first-order valence-electron chi connectivity index (χ1n) is 9.31. The third kappa shape index (κ3) is 5.28. The van der Waals surface area contributed by atoms with Gasteiger partial charge in [0.05, 0.1) is 0 Å². The first kappa shape index (κ1) is 19.8. The molecule has 1 aromatic heterocycles. The standard InChI is InChI=1S/C20H28N4O2S/c1-23-14-15-24(18(16-23)17-8-4-3-5-9-17)13-7-12-22-20-19(27(2,25)26)10-6-11-21-20/h3-6,8-11,18H,7,12-16H2,1-2H3,(H,21,22). The molecule has 0 bridgehead atoms. The minimum absolute atomic E-state index is 0.256. The Hall–Kier alpha value is -1.96. The lowest BCUT2D eigenvalue weighted by atomic mass is 10.0. The molecule has 1 fully saturated rings. The molecule has 0 radical (unpaired) electrons. The number of sulfone groups is 1. The van der Waals surface area contributed by atoms with E-state index in [-0.39, 0.29) is 4.90 Å². The van der Waals surface area contributed by atoms with E-state index in [1.807, 2.05) is 0 Å². The van der Waals surface area contributed by atoms with Gasteiger partial charge in [0.1, 0.15) is 10.7 Å². The first-order valence-corrected chi connectivity index (χ1v) is 11.2. The van der Waals surface area contributed by atoms with E-state index >= 15 is 0 Å².